The summed E-state index contributed by atoms with van der Waals surface area (Å²) in [5, 5.41) is 3.86. The minimum Gasteiger partial charge on any atom is -0.493 e. The van der Waals surface area contributed by atoms with Crippen molar-refractivity contribution < 1.29 is 9.53 Å². The number of ketones is 1. The largest absolute Gasteiger partial charge is 0.493 e. The summed E-state index contributed by atoms with van der Waals surface area (Å²) in [5.41, 5.74) is 3.34. The molecule has 2 heterocycles. The number of carbonyl (C=O) groups is 1. The molecule has 0 saturated heterocycles. The van der Waals surface area contributed by atoms with E-state index in [1.807, 2.05) is 22.9 Å². The van der Waals surface area contributed by atoms with Gasteiger partial charge >= 0.3 is 0 Å². The van der Waals surface area contributed by atoms with E-state index in [1.165, 1.54) is 11.1 Å². The van der Waals surface area contributed by atoms with Crippen LogP contribution in [0.25, 0.3) is 0 Å². The van der Waals surface area contributed by atoms with E-state index in [9.17, 15) is 4.79 Å². The quantitative estimate of drug-likeness (QED) is 0.785. The van der Waals surface area contributed by atoms with Gasteiger partial charge < -0.3 is 4.74 Å². The van der Waals surface area contributed by atoms with Gasteiger partial charge in [-0.15, -0.1) is 0 Å². The molecule has 0 N–H and O–H groups in total. The molecule has 0 atom stereocenters. The van der Waals surface area contributed by atoms with E-state index in [4.69, 9.17) is 4.74 Å². The van der Waals surface area contributed by atoms with Crippen molar-refractivity contribution in [3.8, 4) is 5.75 Å². The molecule has 0 bridgehead atoms. The minimum atomic E-state index is 0.230. The van der Waals surface area contributed by atoms with E-state index in [2.05, 4.69) is 12.1 Å². The Kier molecular flexibility index (Phi) is 3.15. The molecule has 0 amide bonds. The van der Waals surface area contributed by atoms with Crippen LogP contribution in [0.5, 0.6) is 5.75 Å². The second-order valence-corrected chi connectivity index (χ2v) is 5.26. The first kappa shape index (κ1) is 11.5. The summed E-state index contributed by atoms with van der Waals surface area (Å²) in [6.45, 7) is 0.784. The Bertz CT molecular complexity index is 558. The lowest BCUT2D eigenvalue weighted by molar-refractivity contribution is 0.0983. The number of rotatable bonds is 4. The third kappa shape index (κ3) is 2.31. The van der Waals surface area contributed by atoms with Crippen molar-refractivity contribution in [2.45, 2.75) is 19.3 Å². The number of thiophene rings is 1. The molecule has 0 aliphatic carbocycles. The molecule has 2 aromatic rings. The topological polar surface area (TPSA) is 26.3 Å². The molecule has 0 fully saturated rings. The number of benzene rings is 1. The molecule has 3 heteroatoms. The molecule has 2 nitrogen and oxygen atoms in total. The van der Waals surface area contributed by atoms with Crippen LogP contribution in [0.2, 0.25) is 0 Å². The summed E-state index contributed by atoms with van der Waals surface area (Å²) < 4.78 is 5.47. The number of fused-ring (bicyclic) bond motifs is 1. The Labute approximate surface area is 110 Å². The molecule has 0 spiro atoms. The molecular formula is C15H14O2S. The van der Waals surface area contributed by atoms with E-state index >= 15 is 0 Å². The smallest absolute Gasteiger partial charge is 0.164 e. The molecule has 3 rings (SSSR count). The molecule has 0 unspecified atom stereocenters. The first-order chi connectivity index (χ1) is 8.83. The predicted molar refractivity (Wildman–Crippen MR) is 72.6 cm³/mol. The van der Waals surface area contributed by atoms with Crippen LogP contribution in [0.1, 0.15) is 27.9 Å². The Balaban J connectivity index is 1.65. The number of carbonyl (C=O) groups excluding carboxylic acids is 1. The molecule has 0 saturated carbocycles. The van der Waals surface area contributed by atoms with Gasteiger partial charge in [-0.25, -0.2) is 0 Å². The van der Waals surface area contributed by atoms with Crippen LogP contribution in [0.15, 0.2) is 35.0 Å². The van der Waals surface area contributed by atoms with Gasteiger partial charge in [-0.3, -0.25) is 4.79 Å². The highest BCUT2D eigenvalue weighted by atomic mass is 32.1. The van der Waals surface area contributed by atoms with Crippen LogP contribution in [0.4, 0.5) is 0 Å². The maximum Gasteiger partial charge on any atom is 0.164 e. The van der Waals surface area contributed by atoms with Crippen LogP contribution in [-0.4, -0.2) is 12.4 Å². The van der Waals surface area contributed by atoms with Gasteiger partial charge in [0.25, 0.3) is 0 Å². The second-order valence-electron chi connectivity index (χ2n) is 4.48. The summed E-state index contributed by atoms with van der Waals surface area (Å²) in [6, 6.07) is 8.14. The average molecular weight is 258 g/mol. The molecule has 92 valence electrons. The first-order valence-electron chi connectivity index (χ1n) is 6.13. The van der Waals surface area contributed by atoms with Crippen LogP contribution >= 0.6 is 11.3 Å². The zero-order valence-electron chi connectivity index (χ0n) is 10.0. The minimum absolute atomic E-state index is 0.230. The third-order valence-corrected chi connectivity index (χ3v) is 3.92. The Morgan fingerprint density at radius 1 is 1.33 bits per heavy atom. The molecule has 1 aromatic carbocycles. The maximum atomic E-state index is 11.9. The molecule has 1 aromatic heterocycles. The SMILES string of the molecule is O=C(CCc1ccc2c(c1)CCO2)c1ccsc1. The summed E-state index contributed by atoms with van der Waals surface area (Å²) in [4.78, 5) is 11.9. The van der Waals surface area contributed by atoms with Crippen molar-refractivity contribution in [1.82, 2.24) is 0 Å². The highest BCUT2D eigenvalue weighted by Crippen LogP contribution is 2.26. The second kappa shape index (κ2) is 4.94. The molecular weight excluding hydrogens is 244 g/mol. The van der Waals surface area contributed by atoms with Gasteiger partial charge in [0.2, 0.25) is 0 Å². The van der Waals surface area contributed by atoms with Crippen molar-refractivity contribution in [3.05, 3.63) is 51.7 Å². The van der Waals surface area contributed by atoms with Gasteiger partial charge in [-0.2, -0.15) is 11.3 Å². The summed E-state index contributed by atoms with van der Waals surface area (Å²) >= 11 is 1.57. The van der Waals surface area contributed by atoms with Crippen LogP contribution in [-0.2, 0) is 12.8 Å². The van der Waals surface area contributed by atoms with E-state index in [0.29, 0.717) is 6.42 Å². The van der Waals surface area contributed by atoms with Gasteiger partial charge in [-0.05, 0) is 35.1 Å². The Morgan fingerprint density at radius 3 is 3.11 bits per heavy atom. The fourth-order valence-electron chi connectivity index (χ4n) is 2.22. The average Bonchev–Trinajstić information content (AvgIpc) is 3.05. The normalized spacial score (nSPS) is 13.1. The highest BCUT2D eigenvalue weighted by molar-refractivity contribution is 7.08. The van der Waals surface area contributed by atoms with E-state index in [0.717, 1.165) is 30.8 Å². The number of ether oxygens (including phenoxy) is 1. The zero-order valence-corrected chi connectivity index (χ0v) is 10.8. The van der Waals surface area contributed by atoms with Crippen LogP contribution in [0.3, 0.4) is 0 Å². The fourth-order valence-corrected chi connectivity index (χ4v) is 2.88. The molecule has 18 heavy (non-hydrogen) atoms. The monoisotopic (exact) mass is 258 g/mol. The lowest BCUT2D eigenvalue weighted by Crippen LogP contribution is -1.99. The van der Waals surface area contributed by atoms with Crippen molar-refractivity contribution in [2.24, 2.45) is 0 Å². The number of aryl methyl sites for hydroxylation is 1. The van der Waals surface area contributed by atoms with Crippen molar-refractivity contribution in [3.63, 3.8) is 0 Å². The lowest BCUT2D eigenvalue weighted by atomic mass is 10.0. The van der Waals surface area contributed by atoms with E-state index in [-0.39, 0.29) is 5.78 Å². The highest BCUT2D eigenvalue weighted by Gasteiger charge is 2.12. The van der Waals surface area contributed by atoms with Gasteiger partial charge in [0.15, 0.2) is 5.78 Å². The molecule has 0 radical (unpaired) electrons. The predicted octanol–water partition coefficient (Wildman–Crippen LogP) is 3.50. The van der Waals surface area contributed by atoms with Gasteiger partial charge in [0.1, 0.15) is 5.75 Å². The van der Waals surface area contributed by atoms with Gasteiger partial charge in [0.05, 0.1) is 6.61 Å². The van der Waals surface area contributed by atoms with Gasteiger partial charge in [0, 0.05) is 23.8 Å². The molecule has 1 aliphatic rings. The first-order valence-corrected chi connectivity index (χ1v) is 7.07. The Hall–Kier alpha value is -1.61. The standard InChI is InChI=1S/C15H14O2S/c16-14(13-6-8-18-10-13)3-1-11-2-4-15-12(9-11)5-7-17-15/h2,4,6,8-10H,1,3,5,7H2. The Morgan fingerprint density at radius 2 is 2.28 bits per heavy atom. The van der Waals surface area contributed by atoms with Crippen LogP contribution < -0.4 is 4.74 Å². The maximum absolute atomic E-state index is 11.9. The lowest BCUT2D eigenvalue weighted by Gasteiger charge is -2.03. The van der Waals surface area contributed by atoms with E-state index in [1.54, 1.807) is 11.3 Å². The fraction of sp³-hybridized carbons (Fsp3) is 0.267. The third-order valence-electron chi connectivity index (χ3n) is 3.24. The number of Topliss-reactive ketones (excluding diaryl/α,β-unsaturated/α-hetero) is 1. The van der Waals surface area contributed by atoms with Crippen molar-refractivity contribution in [2.75, 3.05) is 6.61 Å². The van der Waals surface area contributed by atoms with E-state index < -0.39 is 0 Å². The van der Waals surface area contributed by atoms with Crippen molar-refractivity contribution >= 4 is 17.1 Å². The summed E-state index contributed by atoms with van der Waals surface area (Å²) in [5.74, 6) is 1.23. The number of hydrogen-bond acceptors (Lipinski definition) is 3. The van der Waals surface area contributed by atoms with Crippen LogP contribution in [0, 0.1) is 0 Å². The van der Waals surface area contributed by atoms with Crippen molar-refractivity contribution in [1.29, 1.82) is 0 Å². The summed E-state index contributed by atoms with van der Waals surface area (Å²) in [6.07, 6.45) is 2.37. The summed E-state index contributed by atoms with van der Waals surface area (Å²) in [7, 11) is 0. The molecule has 1 aliphatic heterocycles. The zero-order chi connectivity index (χ0) is 12.4. The number of hydrogen-bond donors (Lipinski definition) is 0. The van der Waals surface area contributed by atoms with Gasteiger partial charge in [-0.1, -0.05) is 12.1 Å².